The van der Waals surface area contributed by atoms with Crippen LogP contribution in [0.4, 0.5) is 0 Å². The summed E-state index contributed by atoms with van der Waals surface area (Å²) in [6, 6.07) is 10.2. The van der Waals surface area contributed by atoms with Crippen molar-refractivity contribution in [3.63, 3.8) is 0 Å². The van der Waals surface area contributed by atoms with Gasteiger partial charge in [0.1, 0.15) is 9.22 Å². The highest BCUT2D eigenvalue weighted by atomic mass is 35.5. The van der Waals surface area contributed by atoms with Gasteiger partial charge in [-0.15, -0.1) is 0 Å². The molecule has 0 heterocycles. The van der Waals surface area contributed by atoms with E-state index in [2.05, 4.69) is 0 Å². The van der Waals surface area contributed by atoms with Crippen LogP contribution >= 0.6 is 47.2 Å². The third kappa shape index (κ3) is 5.83. The summed E-state index contributed by atoms with van der Waals surface area (Å²) in [4.78, 5) is 14.3. The van der Waals surface area contributed by atoms with Crippen LogP contribution in [0.3, 0.4) is 0 Å². The Labute approximate surface area is 177 Å². The minimum Gasteiger partial charge on any atom is -0.377 e. The van der Waals surface area contributed by atoms with E-state index in [9.17, 15) is 13.2 Å². The van der Waals surface area contributed by atoms with E-state index in [1.807, 2.05) is 0 Å². The highest BCUT2D eigenvalue weighted by Gasteiger charge is 2.24. The molecular weight excluding hydrogens is 449 g/mol. The van der Waals surface area contributed by atoms with Crippen LogP contribution in [-0.2, 0) is 10.1 Å². The summed E-state index contributed by atoms with van der Waals surface area (Å²) in [5.74, 6) is -0.687. The SMILES string of the molecule is CN(C)C(=S)SCC(=O)c1cc(Cl)cc(Cl)c1OS(=O)(=O)c1ccccc1. The summed E-state index contributed by atoms with van der Waals surface area (Å²) < 4.78 is 30.7. The second-order valence-electron chi connectivity index (χ2n) is 5.49. The van der Waals surface area contributed by atoms with Crippen molar-refractivity contribution in [1.82, 2.24) is 4.90 Å². The van der Waals surface area contributed by atoms with Gasteiger partial charge in [0.25, 0.3) is 0 Å². The zero-order chi connectivity index (χ0) is 20.2. The number of Topliss-reactive ketones (excluding diaryl/α,β-unsaturated/α-hetero) is 1. The standard InChI is InChI=1S/C17H15Cl2NO4S3/c1-20(2)17(25)26-10-15(21)13-8-11(18)9-14(19)16(13)24-27(22,23)12-6-4-3-5-7-12/h3-9H,10H2,1-2H3. The summed E-state index contributed by atoms with van der Waals surface area (Å²) >= 11 is 18.4. The average molecular weight is 464 g/mol. The zero-order valence-electron chi connectivity index (χ0n) is 14.3. The van der Waals surface area contributed by atoms with Crippen molar-refractivity contribution < 1.29 is 17.4 Å². The molecule has 0 amide bonds. The number of carbonyl (C=O) groups is 1. The van der Waals surface area contributed by atoms with Gasteiger partial charge in [0.15, 0.2) is 11.5 Å². The lowest BCUT2D eigenvalue weighted by Crippen LogP contribution is -2.19. The lowest BCUT2D eigenvalue weighted by atomic mass is 10.1. The maximum absolute atomic E-state index is 12.6. The number of thiocarbonyl (C=S) groups is 1. The Morgan fingerprint density at radius 3 is 2.41 bits per heavy atom. The van der Waals surface area contributed by atoms with Crippen molar-refractivity contribution >= 4 is 67.4 Å². The smallest absolute Gasteiger partial charge is 0.339 e. The number of nitrogens with zero attached hydrogens (tertiary/aromatic N) is 1. The Morgan fingerprint density at radius 2 is 1.81 bits per heavy atom. The molecule has 2 aromatic carbocycles. The summed E-state index contributed by atoms with van der Waals surface area (Å²) in [5, 5.41) is 0.110. The van der Waals surface area contributed by atoms with Crippen molar-refractivity contribution in [1.29, 1.82) is 0 Å². The van der Waals surface area contributed by atoms with Crippen LogP contribution in [0.1, 0.15) is 10.4 Å². The molecule has 10 heteroatoms. The van der Waals surface area contributed by atoms with Gasteiger partial charge in [-0.05, 0) is 24.3 Å². The van der Waals surface area contributed by atoms with E-state index in [-0.39, 0.29) is 32.0 Å². The number of thioether (sulfide) groups is 1. The van der Waals surface area contributed by atoms with Crippen molar-refractivity contribution in [2.75, 3.05) is 19.8 Å². The normalized spacial score (nSPS) is 11.1. The molecule has 0 fully saturated rings. The van der Waals surface area contributed by atoms with Crippen LogP contribution in [-0.4, -0.2) is 43.3 Å². The zero-order valence-corrected chi connectivity index (χ0v) is 18.3. The molecule has 2 aromatic rings. The maximum atomic E-state index is 12.6. The van der Waals surface area contributed by atoms with Gasteiger partial charge in [-0.3, -0.25) is 4.79 Å². The van der Waals surface area contributed by atoms with Crippen molar-refractivity contribution in [3.8, 4) is 5.75 Å². The molecule has 27 heavy (non-hydrogen) atoms. The molecule has 0 bridgehead atoms. The molecule has 0 N–H and O–H groups in total. The quantitative estimate of drug-likeness (QED) is 0.354. The van der Waals surface area contributed by atoms with E-state index in [1.165, 1.54) is 24.3 Å². The number of carbonyl (C=O) groups excluding carboxylic acids is 1. The van der Waals surface area contributed by atoms with Gasteiger partial charge >= 0.3 is 10.1 Å². The molecule has 0 saturated carbocycles. The number of benzene rings is 2. The average Bonchev–Trinajstić information content (AvgIpc) is 2.62. The number of hydrogen-bond donors (Lipinski definition) is 0. The van der Waals surface area contributed by atoms with Gasteiger partial charge in [0.2, 0.25) is 0 Å². The molecule has 0 aromatic heterocycles. The fraction of sp³-hybridized carbons (Fsp3) is 0.176. The first-order chi connectivity index (χ1) is 12.6. The van der Waals surface area contributed by atoms with Crippen molar-refractivity contribution in [2.45, 2.75) is 4.90 Å². The van der Waals surface area contributed by atoms with Crippen molar-refractivity contribution in [3.05, 3.63) is 58.1 Å². The first-order valence-corrected chi connectivity index (χ1v) is 11.0. The Hall–Kier alpha value is -1.32. The van der Waals surface area contributed by atoms with Gasteiger partial charge in [-0.2, -0.15) is 8.42 Å². The minimum atomic E-state index is -4.17. The first-order valence-electron chi connectivity index (χ1n) is 7.47. The van der Waals surface area contributed by atoms with E-state index >= 15 is 0 Å². The van der Waals surface area contributed by atoms with Crippen molar-refractivity contribution in [2.24, 2.45) is 0 Å². The molecule has 0 aliphatic heterocycles. The van der Waals surface area contributed by atoms with Crippen LogP contribution in [0.2, 0.25) is 10.0 Å². The number of rotatable bonds is 6. The molecule has 0 unspecified atom stereocenters. The Kier molecular flexibility index (Phi) is 7.53. The lowest BCUT2D eigenvalue weighted by Gasteiger charge is -2.15. The Bertz CT molecular complexity index is 964. The van der Waals surface area contributed by atoms with E-state index in [0.29, 0.717) is 4.32 Å². The first kappa shape index (κ1) is 22.0. The van der Waals surface area contributed by atoms with Gasteiger partial charge in [-0.25, -0.2) is 0 Å². The summed E-state index contributed by atoms with van der Waals surface area (Å²) in [6.07, 6.45) is 0. The van der Waals surface area contributed by atoms with E-state index < -0.39 is 15.9 Å². The van der Waals surface area contributed by atoms with E-state index in [1.54, 1.807) is 37.2 Å². The lowest BCUT2D eigenvalue weighted by molar-refractivity contribution is 0.102. The molecule has 0 radical (unpaired) electrons. The molecule has 0 aliphatic carbocycles. The fourth-order valence-electron chi connectivity index (χ4n) is 1.93. The number of ketones is 1. The van der Waals surface area contributed by atoms with Gasteiger partial charge in [0, 0.05) is 19.1 Å². The molecule has 0 saturated heterocycles. The predicted octanol–water partition coefficient (Wildman–Crippen LogP) is 4.52. The van der Waals surface area contributed by atoms with Gasteiger partial charge in [-0.1, -0.05) is 65.4 Å². The van der Waals surface area contributed by atoms with Crippen LogP contribution in [0, 0.1) is 0 Å². The van der Waals surface area contributed by atoms with Crippen LogP contribution < -0.4 is 4.18 Å². The highest BCUT2D eigenvalue weighted by molar-refractivity contribution is 8.23. The number of hydrogen-bond acceptors (Lipinski definition) is 6. The third-order valence-corrected chi connectivity index (χ3v) is 6.70. The Morgan fingerprint density at radius 1 is 1.19 bits per heavy atom. The second-order valence-corrected chi connectivity index (χ2v) is 9.49. The summed E-state index contributed by atoms with van der Waals surface area (Å²) in [6.45, 7) is 0. The monoisotopic (exact) mass is 463 g/mol. The van der Waals surface area contributed by atoms with Crippen LogP contribution in [0.25, 0.3) is 0 Å². The van der Waals surface area contributed by atoms with E-state index in [0.717, 1.165) is 11.8 Å². The van der Waals surface area contributed by atoms with Gasteiger partial charge in [0.05, 0.1) is 16.3 Å². The molecule has 2 rings (SSSR count). The topological polar surface area (TPSA) is 63.7 Å². The highest BCUT2D eigenvalue weighted by Crippen LogP contribution is 2.35. The molecule has 0 spiro atoms. The molecule has 0 aliphatic rings. The third-order valence-electron chi connectivity index (χ3n) is 3.23. The van der Waals surface area contributed by atoms with Crippen LogP contribution in [0.15, 0.2) is 47.4 Å². The summed E-state index contributed by atoms with van der Waals surface area (Å²) in [5.41, 5.74) is -0.0268. The number of halogens is 2. The largest absolute Gasteiger partial charge is 0.377 e. The molecular formula is C17H15Cl2NO4S3. The molecule has 0 atom stereocenters. The maximum Gasteiger partial charge on any atom is 0.339 e. The van der Waals surface area contributed by atoms with E-state index in [4.69, 9.17) is 39.6 Å². The fourth-order valence-corrected chi connectivity index (χ4v) is 4.34. The molecule has 5 nitrogen and oxygen atoms in total. The minimum absolute atomic E-state index is 0.0184. The summed E-state index contributed by atoms with van der Waals surface area (Å²) in [7, 11) is -0.648. The second kappa shape index (κ2) is 9.25. The van der Waals surface area contributed by atoms with Gasteiger partial charge < -0.3 is 9.08 Å². The molecule has 144 valence electrons. The van der Waals surface area contributed by atoms with Crippen LogP contribution in [0.5, 0.6) is 5.75 Å². The Balaban J connectivity index is 2.37. The predicted molar refractivity (Wildman–Crippen MR) is 114 cm³/mol.